The van der Waals surface area contributed by atoms with Gasteiger partial charge in [0.25, 0.3) is 5.56 Å². The van der Waals surface area contributed by atoms with Gasteiger partial charge in [0.2, 0.25) is 5.91 Å². The molecule has 0 aliphatic rings. The van der Waals surface area contributed by atoms with E-state index in [2.05, 4.69) is 0 Å². The largest absolute Gasteiger partial charge is 0.416 e. The van der Waals surface area contributed by atoms with Crippen LogP contribution in [-0.2, 0) is 31.1 Å². The molecular formula is C16H16F3N3O3. The van der Waals surface area contributed by atoms with Crippen LogP contribution in [0.25, 0.3) is 0 Å². The van der Waals surface area contributed by atoms with Crippen molar-refractivity contribution >= 4 is 5.91 Å². The Morgan fingerprint density at radius 3 is 2.52 bits per heavy atom. The molecule has 2 rings (SSSR count). The predicted molar refractivity (Wildman–Crippen MR) is 83.9 cm³/mol. The summed E-state index contributed by atoms with van der Waals surface area (Å²) in [6.45, 7) is -0.355. The number of rotatable bonds is 4. The number of carbonyl (C=O) groups excluding carboxylic acids is 1. The lowest BCUT2D eigenvalue weighted by molar-refractivity contribution is -0.137. The molecule has 0 unspecified atom stereocenters. The van der Waals surface area contributed by atoms with Crippen LogP contribution < -0.4 is 11.2 Å². The van der Waals surface area contributed by atoms with E-state index in [9.17, 15) is 27.6 Å². The van der Waals surface area contributed by atoms with Gasteiger partial charge in [-0.05, 0) is 17.7 Å². The fraction of sp³-hybridized carbons (Fsp3) is 0.312. The zero-order valence-corrected chi connectivity index (χ0v) is 13.6. The van der Waals surface area contributed by atoms with Gasteiger partial charge in [0.05, 0.1) is 5.56 Å². The summed E-state index contributed by atoms with van der Waals surface area (Å²) in [5.74, 6) is -0.474. The number of hydrogen-bond acceptors (Lipinski definition) is 3. The molecule has 9 heteroatoms. The quantitative estimate of drug-likeness (QED) is 0.829. The van der Waals surface area contributed by atoms with Crippen molar-refractivity contribution in [3.63, 3.8) is 0 Å². The highest BCUT2D eigenvalue weighted by Gasteiger charge is 2.30. The normalized spacial score (nSPS) is 11.4. The number of alkyl halides is 3. The van der Waals surface area contributed by atoms with E-state index in [4.69, 9.17) is 0 Å². The van der Waals surface area contributed by atoms with E-state index in [1.165, 1.54) is 37.3 Å². The van der Waals surface area contributed by atoms with Crippen molar-refractivity contribution in [1.29, 1.82) is 0 Å². The number of carbonyl (C=O) groups is 1. The molecule has 0 fully saturated rings. The van der Waals surface area contributed by atoms with Gasteiger partial charge in [0.15, 0.2) is 0 Å². The average Bonchev–Trinajstić information content (AvgIpc) is 2.54. The smallest absolute Gasteiger partial charge is 0.340 e. The lowest BCUT2D eigenvalue weighted by Crippen LogP contribution is -2.40. The Bertz CT molecular complexity index is 900. The molecule has 0 aliphatic carbocycles. The van der Waals surface area contributed by atoms with Gasteiger partial charge in [-0.2, -0.15) is 13.2 Å². The Morgan fingerprint density at radius 1 is 1.20 bits per heavy atom. The molecule has 1 aromatic carbocycles. The number of halogens is 3. The van der Waals surface area contributed by atoms with Crippen LogP contribution in [0.5, 0.6) is 0 Å². The van der Waals surface area contributed by atoms with E-state index in [1.54, 1.807) is 0 Å². The summed E-state index contributed by atoms with van der Waals surface area (Å²) in [6, 6.07) is 5.84. The molecule has 0 aliphatic heterocycles. The van der Waals surface area contributed by atoms with Crippen molar-refractivity contribution in [1.82, 2.24) is 14.0 Å². The van der Waals surface area contributed by atoms with Crippen LogP contribution in [-0.4, -0.2) is 27.0 Å². The third kappa shape index (κ3) is 4.37. The average molecular weight is 355 g/mol. The monoisotopic (exact) mass is 355 g/mol. The third-order valence-electron chi connectivity index (χ3n) is 3.67. The Labute approximate surface area is 140 Å². The molecular weight excluding hydrogens is 339 g/mol. The van der Waals surface area contributed by atoms with Crippen LogP contribution in [0.4, 0.5) is 13.2 Å². The van der Waals surface area contributed by atoms with Crippen molar-refractivity contribution in [2.75, 3.05) is 7.05 Å². The number of likely N-dealkylation sites (N-methyl/N-ethyl adjacent to an activating group) is 1. The van der Waals surface area contributed by atoms with Crippen molar-refractivity contribution in [2.45, 2.75) is 19.3 Å². The summed E-state index contributed by atoms with van der Waals surface area (Å²) >= 11 is 0. The summed E-state index contributed by atoms with van der Waals surface area (Å²) in [7, 11) is 2.72. The van der Waals surface area contributed by atoms with Gasteiger partial charge in [-0.1, -0.05) is 12.1 Å². The minimum atomic E-state index is -4.46. The Morgan fingerprint density at radius 2 is 1.88 bits per heavy atom. The first kappa shape index (κ1) is 18.5. The third-order valence-corrected chi connectivity index (χ3v) is 3.67. The van der Waals surface area contributed by atoms with Crippen LogP contribution in [0.15, 0.2) is 46.1 Å². The van der Waals surface area contributed by atoms with Crippen LogP contribution >= 0.6 is 0 Å². The van der Waals surface area contributed by atoms with Crippen molar-refractivity contribution in [3.05, 3.63) is 68.5 Å². The SMILES string of the molecule is CN(Cc1cccc(C(F)(F)F)c1)C(=O)Cn1ccc(=O)n(C)c1=O. The van der Waals surface area contributed by atoms with Crippen LogP contribution in [0.2, 0.25) is 0 Å². The molecule has 1 aromatic heterocycles. The number of hydrogen-bond donors (Lipinski definition) is 0. The van der Waals surface area contributed by atoms with Gasteiger partial charge < -0.3 is 4.90 Å². The summed E-state index contributed by atoms with van der Waals surface area (Å²) in [6.07, 6.45) is -3.25. The molecule has 1 heterocycles. The first-order valence-electron chi connectivity index (χ1n) is 7.26. The molecule has 0 N–H and O–H groups in total. The molecule has 0 saturated heterocycles. The van der Waals surface area contributed by atoms with Crippen molar-refractivity contribution in [2.24, 2.45) is 7.05 Å². The summed E-state index contributed by atoms with van der Waals surface area (Å²) in [5.41, 5.74) is -1.61. The highest BCUT2D eigenvalue weighted by molar-refractivity contribution is 5.75. The van der Waals surface area contributed by atoms with Crippen LogP contribution in [0, 0.1) is 0 Å². The lowest BCUT2D eigenvalue weighted by atomic mass is 10.1. The first-order valence-corrected chi connectivity index (χ1v) is 7.26. The summed E-state index contributed by atoms with van der Waals surface area (Å²) < 4.78 is 40.1. The van der Waals surface area contributed by atoms with E-state index in [0.717, 1.165) is 27.3 Å². The standard InChI is InChI=1S/C16H16F3N3O3/c1-20(9-11-4-3-5-12(8-11)16(17,18)19)14(24)10-22-7-6-13(23)21(2)15(22)25/h3-8H,9-10H2,1-2H3. The topological polar surface area (TPSA) is 64.3 Å². The zero-order chi connectivity index (χ0) is 18.8. The molecule has 0 saturated carbocycles. The van der Waals surface area contributed by atoms with Crippen molar-refractivity contribution < 1.29 is 18.0 Å². The predicted octanol–water partition coefficient (Wildman–Crippen LogP) is 1.22. The molecule has 1 amide bonds. The Balaban J connectivity index is 2.13. The number of aromatic nitrogens is 2. The van der Waals surface area contributed by atoms with Gasteiger partial charge in [0.1, 0.15) is 6.54 Å². The van der Waals surface area contributed by atoms with E-state index in [-0.39, 0.29) is 13.1 Å². The first-order chi connectivity index (χ1) is 11.6. The Kier molecular flexibility index (Phi) is 5.15. The fourth-order valence-corrected chi connectivity index (χ4v) is 2.21. The summed E-state index contributed by atoms with van der Waals surface area (Å²) in [5, 5.41) is 0. The number of benzene rings is 1. The number of nitrogens with zero attached hydrogens (tertiary/aromatic N) is 3. The van der Waals surface area contributed by atoms with E-state index < -0.39 is 28.9 Å². The maximum Gasteiger partial charge on any atom is 0.416 e. The van der Waals surface area contributed by atoms with E-state index >= 15 is 0 Å². The minimum absolute atomic E-state index is 0.0384. The van der Waals surface area contributed by atoms with Gasteiger partial charge in [-0.25, -0.2) is 4.79 Å². The number of amides is 1. The van der Waals surface area contributed by atoms with E-state index in [1.807, 2.05) is 0 Å². The minimum Gasteiger partial charge on any atom is -0.340 e. The zero-order valence-electron chi connectivity index (χ0n) is 13.6. The second-order valence-electron chi connectivity index (χ2n) is 5.57. The highest BCUT2D eigenvalue weighted by atomic mass is 19.4. The van der Waals surface area contributed by atoms with Gasteiger partial charge in [-0.15, -0.1) is 0 Å². The van der Waals surface area contributed by atoms with Crippen LogP contribution in [0.3, 0.4) is 0 Å². The van der Waals surface area contributed by atoms with Crippen LogP contribution in [0.1, 0.15) is 11.1 Å². The molecule has 0 spiro atoms. The highest BCUT2D eigenvalue weighted by Crippen LogP contribution is 2.29. The Hall–Kier alpha value is -2.84. The molecule has 0 radical (unpaired) electrons. The van der Waals surface area contributed by atoms with Gasteiger partial charge >= 0.3 is 11.9 Å². The molecule has 2 aromatic rings. The van der Waals surface area contributed by atoms with Crippen molar-refractivity contribution in [3.8, 4) is 0 Å². The second kappa shape index (κ2) is 6.96. The van der Waals surface area contributed by atoms with E-state index in [0.29, 0.717) is 5.56 Å². The van der Waals surface area contributed by atoms with Gasteiger partial charge in [-0.3, -0.25) is 18.7 Å². The fourth-order valence-electron chi connectivity index (χ4n) is 2.21. The molecule has 134 valence electrons. The summed E-state index contributed by atoms with van der Waals surface area (Å²) in [4.78, 5) is 36.6. The molecule has 0 bridgehead atoms. The molecule has 6 nitrogen and oxygen atoms in total. The maximum atomic E-state index is 12.7. The lowest BCUT2D eigenvalue weighted by Gasteiger charge is -2.19. The maximum absolute atomic E-state index is 12.7. The second-order valence-corrected chi connectivity index (χ2v) is 5.57. The molecule has 0 atom stereocenters. The van der Waals surface area contributed by atoms with Gasteiger partial charge in [0, 0.05) is 32.9 Å². The molecule has 25 heavy (non-hydrogen) atoms.